The Balaban J connectivity index is 1.23. The van der Waals surface area contributed by atoms with Gasteiger partial charge in [-0.2, -0.15) is 5.10 Å². The van der Waals surface area contributed by atoms with Crippen LogP contribution in [-0.4, -0.2) is 47.3 Å². The van der Waals surface area contributed by atoms with E-state index >= 15 is 0 Å². The summed E-state index contributed by atoms with van der Waals surface area (Å²) in [6.45, 7) is 4.63. The fourth-order valence-electron chi connectivity index (χ4n) is 4.67. The molecule has 5 rings (SSSR count). The van der Waals surface area contributed by atoms with Crippen LogP contribution in [-0.2, 0) is 11.3 Å². The normalized spacial score (nSPS) is 14.1. The average Bonchev–Trinajstić information content (AvgIpc) is 3.37. The van der Waals surface area contributed by atoms with Gasteiger partial charge in [-0.05, 0) is 55.7 Å². The lowest BCUT2D eigenvalue weighted by atomic mass is 9.95. The molecule has 186 valence electrons. The SMILES string of the molecule is CCOc1cccc(CNC(=O)C2CCN(c3nccn4nc(-c5cccc(OC)c5)cc34)CC2)c1. The lowest BCUT2D eigenvalue weighted by molar-refractivity contribution is -0.125. The standard InChI is InChI=1S/C28H31N5O3/c1-3-36-24-9-4-6-20(16-24)19-30-28(34)21-10-13-32(14-11-21)27-26-18-25(31-33(26)15-12-29-27)22-7-5-8-23(17-22)35-2/h4-9,12,15-18,21H,3,10-11,13-14,19H2,1-2H3,(H,30,34). The van der Waals surface area contributed by atoms with Crippen molar-refractivity contribution in [3.8, 4) is 22.8 Å². The average molecular weight is 486 g/mol. The van der Waals surface area contributed by atoms with E-state index in [9.17, 15) is 4.79 Å². The Bertz CT molecular complexity index is 1340. The highest BCUT2D eigenvalue weighted by atomic mass is 16.5. The second kappa shape index (κ2) is 10.7. The maximum absolute atomic E-state index is 12.8. The number of nitrogens with zero attached hydrogens (tertiary/aromatic N) is 4. The Labute approximate surface area is 210 Å². The van der Waals surface area contributed by atoms with Crippen LogP contribution >= 0.6 is 0 Å². The van der Waals surface area contributed by atoms with E-state index in [4.69, 9.17) is 14.6 Å². The lowest BCUT2D eigenvalue weighted by Gasteiger charge is -2.32. The summed E-state index contributed by atoms with van der Waals surface area (Å²) in [5.41, 5.74) is 3.85. The van der Waals surface area contributed by atoms with Crippen LogP contribution in [0.3, 0.4) is 0 Å². The first-order chi connectivity index (χ1) is 17.6. The number of amides is 1. The summed E-state index contributed by atoms with van der Waals surface area (Å²) >= 11 is 0. The van der Waals surface area contributed by atoms with Gasteiger partial charge < -0.3 is 19.7 Å². The lowest BCUT2D eigenvalue weighted by Crippen LogP contribution is -2.40. The molecule has 4 aromatic rings. The Kier molecular flexibility index (Phi) is 7.02. The van der Waals surface area contributed by atoms with E-state index in [1.54, 1.807) is 13.3 Å². The zero-order valence-corrected chi connectivity index (χ0v) is 20.7. The molecule has 0 saturated carbocycles. The van der Waals surface area contributed by atoms with Gasteiger partial charge in [0.2, 0.25) is 5.91 Å². The number of hydrogen-bond donors (Lipinski definition) is 1. The van der Waals surface area contributed by atoms with Gasteiger partial charge in [0.15, 0.2) is 5.82 Å². The Hall–Kier alpha value is -4.07. The first-order valence-corrected chi connectivity index (χ1v) is 12.4. The van der Waals surface area contributed by atoms with E-state index in [1.807, 2.05) is 66.2 Å². The molecule has 2 aromatic carbocycles. The van der Waals surface area contributed by atoms with Gasteiger partial charge in [-0.3, -0.25) is 4.79 Å². The second-order valence-electron chi connectivity index (χ2n) is 8.90. The monoisotopic (exact) mass is 485 g/mol. The smallest absolute Gasteiger partial charge is 0.223 e. The van der Waals surface area contributed by atoms with Crippen molar-refractivity contribution in [3.05, 3.63) is 72.6 Å². The second-order valence-corrected chi connectivity index (χ2v) is 8.90. The van der Waals surface area contributed by atoms with Crippen molar-refractivity contribution >= 4 is 17.2 Å². The van der Waals surface area contributed by atoms with Gasteiger partial charge in [0.1, 0.15) is 17.0 Å². The minimum absolute atomic E-state index is 0.00619. The number of benzene rings is 2. The van der Waals surface area contributed by atoms with Gasteiger partial charge in [-0.1, -0.05) is 24.3 Å². The number of nitrogens with one attached hydrogen (secondary N) is 1. The fraction of sp³-hybridized carbons (Fsp3) is 0.321. The maximum Gasteiger partial charge on any atom is 0.223 e. The Morgan fingerprint density at radius 3 is 2.69 bits per heavy atom. The highest BCUT2D eigenvalue weighted by Gasteiger charge is 2.26. The summed E-state index contributed by atoms with van der Waals surface area (Å²) in [7, 11) is 1.66. The Morgan fingerprint density at radius 2 is 1.89 bits per heavy atom. The molecule has 0 atom stereocenters. The number of anilines is 1. The molecule has 1 amide bonds. The maximum atomic E-state index is 12.8. The van der Waals surface area contributed by atoms with Gasteiger partial charge in [0, 0.05) is 43.5 Å². The van der Waals surface area contributed by atoms with Gasteiger partial charge in [0.25, 0.3) is 0 Å². The molecule has 1 N–H and O–H groups in total. The minimum Gasteiger partial charge on any atom is -0.497 e. The number of ether oxygens (including phenoxy) is 2. The van der Waals surface area contributed by atoms with E-state index in [0.717, 1.165) is 65.6 Å². The van der Waals surface area contributed by atoms with Crippen LogP contribution < -0.4 is 19.7 Å². The predicted octanol–water partition coefficient (Wildman–Crippen LogP) is 4.34. The molecule has 1 fully saturated rings. The third-order valence-corrected chi connectivity index (χ3v) is 6.58. The van der Waals surface area contributed by atoms with Gasteiger partial charge in [-0.15, -0.1) is 0 Å². The van der Waals surface area contributed by atoms with E-state index in [0.29, 0.717) is 13.2 Å². The van der Waals surface area contributed by atoms with Gasteiger partial charge in [0.05, 0.1) is 19.4 Å². The number of carbonyl (C=O) groups excluding carboxylic acids is 1. The van der Waals surface area contributed by atoms with Crippen LogP contribution in [0.4, 0.5) is 5.82 Å². The molecule has 1 aliphatic rings. The fourth-order valence-corrected chi connectivity index (χ4v) is 4.67. The summed E-state index contributed by atoms with van der Waals surface area (Å²) < 4.78 is 12.8. The molecule has 8 nitrogen and oxygen atoms in total. The molecule has 1 saturated heterocycles. The largest absolute Gasteiger partial charge is 0.497 e. The number of hydrogen-bond acceptors (Lipinski definition) is 6. The van der Waals surface area contributed by atoms with E-state index in [-0.39, 0.29) is 11.8 Å². The van der Waals surface area contributed by atoms with Crippen molar-refractivity contribution in [2.24, 2.45) is 5.92 Å². The van der Waals surface area contributed by atoms with Crippen LogP contribution in [0, 0.1) is 5.92 Å². The van der Waals surface area contributed by atoms with Gasteiger partial charge in [-0.25, -0.2) is 9.50 Å². The highest BCUT2D eigenvalue weighted by Crippen LogP contribution is 2.29. The van der Waals surface area contributed by atoms with Crippen molar-refractivity contribution in [1.29, 1.82) is 0 Å². The molecule has 8 heteroatoms. The molecule has 36 heavy (non-hydrogen) atoms. The number of piperidine rings is 1. The number of rotatable bonds is 8. The van der Waals surface area contributed by atoms with Crippen LogP contribution in [0.15, 0.2) is 67.0 Å². The predicted molar refractivity (Wildman–Crippen MR) is 139 cm³/mol. The molecule has 0 bridgehead atoms. The third kappa shape index (κ3) is 5.12. The van der Waals surface area contributed by atoms with Crippen molar-refractivity contribution in [1.82, 2.24) is 19.9 Å². The molecule has 0 unspecified atom stereocenters. The van der Waals surface area contributed by atoms with Crippen molar-refractivity contribution in [2.75, 3.05) is 31.7 Å². The zero-order valence-electron chi connectivity index (χ0n) is 20.7. The van der Waals surface area contributed by atoms with Crippen LogP contribution in [0.1, 0.15) is 25.3 Å². The van der Waals surface area contributed by atoms with E-state index < -0.39 is 0 Å². The first kappa shape index (κ1) is 23.7. The summed E-state index contributed by atoms with van der Waals surface area (Å²) in [4.78, 5) is 19.8. The summed E-state index contributed by atoms with van der Waals surface area (Å²) in [6.07, 6.45) is 5.21. The van der Waals surface area contributed by atoms with Crippen LogP contribution in [0.25, 0.3) is 16.8 Å². The number of aromatic nitrogens is 3. The number of methoxy groups -OCH3 is 1. The molecule has 1 aliphatic heterocycles. The summed E-state index contributed by atoms with van der Waals surface area (Å²) in [5.74, 6) is 2.62. The molecule has 3 heterocycles. The molecule has 0 radical (unpaired) electrons. The van der Waals surface area contributed by atoms with Crippen molar-refractivity contribution in [3.63, 3.8) is 0 Å². The third-order valence-electron chi connectivity index (χ3n) is 6.58. The Morgan fingerprint density at radius 1 is 1.08 bits per heavy atom. The molecular formula is C28H31N5O3. The molecule has 2 aromatic heterocycles. The molecule has 0 spiro atoms. The van der Waals surface area contributed by atoms with Crippen LogP contribution in [0.5, 0.6) is 11.5 Å². The summed E-state index contributed by atoms with van der Waals surface area (Å²) in [5, 5.41) is 7.85. The molecule has 0 aliphatic carbocycles. The van der Waals surface area contributed by atoms with E-state index in [2.05, 4.69) is 21.3 Å². The van der Waals surface area contributed by atoms with Gasteiger partial charge >= 0.3 is 0 Å². The van der Waals surface area contributed by atoms with Crippen molar-refractivity contribution in [2.45, 2.75) is 26.3 Å². The molecular weight excluding hydrogens is 454 g/mol. The van der Waals surface area contributed by atoms with E-state index in [1.165, 1.54) is 0 Å². The van der Waals surface area contributed by atoms with Crippen molar-refractivity contribution < 1.29 is 14.3 Å². The number of fused-ring (bicyclic) bond motifs is 1. The first-order valence-electron chi connectivity index (χ1n) is 12.4. The minimum atomic E-state index is -0.00619. The number of carbonyl (C=O) groups is 1. The van der Waals surface area contributed by atoms with Crippen LogP contribution in [0.2, 0.25) is 0 Å². The quantitative estimate of drug-likeness (QED) is 0.400. The highest BCUT2D eigenvalue weighted by molar-refractivity contribution is 5.80. The zero-order chi connectivity index (χ0) is 24.9. The topological polar surface area (TPSA) is 81.0 Å². The summed E-state index contributed by atoms with van der Waals surface area (Å²) in [6, 6.07) is 17.8.